The number of rotatable bonds is 8. The molecule has 7 rings (SSSR count). The summed E-state index contributed by atoms with van der Waals surface area (Å²) in [7, 11) is 0. The van der Waals surface area contributed by atoms with Gasteiger partial charge in [0, 0.05) is 23.1 Å². The molecule has 3 aromatic rings. The molecule has 2 aromatic carbocycles. The molecule has 4 nitrogen and oxygen atoms in total. The maximum atomic E-state index is 7.58. The van der Waals surface area contributed by atoms with Gasteiger partial charge in [-0.1, -0.05) is 147 Å². The second-order valence-corrected chi connectivity index (χ2v) is 19.0. The summed E-state index contributed by atoms with van der Waals surface area (Å²) in [6.45, 7) is 13.4. The number of benzene rings is 2. The third-order valence-electron chi connectivity index (χ3n) is 12.2. The summed E-state index contributed by atoms with van der Waals surface area (Å²) in [5.74, 6) is 3.78. The van der Waals surface area contributed by atoms with Crippen LogP contribution >= 0.6 is 23.2 Å². The molecule has 0 unspecified atom stereocenters. The van der Waals surface area contributed by atoms with Crippen LogP contribution in [0.25, 0.3) is 5.76 Å². The highest BCUT2D eigenvalue weighted by atomic mass is 35.5. The van der Waals surface area contributed by atoms with Crippen LogP contribution in [-0.4, -0.2) is 10.7 Å². The molecule has 0 saturated heterocycles. The molecule has 0 radical (unpaired) electrons. The molecule has 3 saturated carbocycles. The third kappa shape index (κ3) is 8.50. The van der Waals surface area contributed by atoms with Gasteiger partial charge in [-0.05, 0) is 90.7 Å². The van der Waals surface area contributed by atoms with Crippen molar-refractivity contribution in [1.82, 2.24) is 4.98 Å². The predicted molar refractivity (Wildman–Crippen MR) is 223 cm³/mol. The number of hydrogen-bond donors (Lipinski definition) is 1. The first-order valence-electron chi connectivity index (χ1n) is 20.6. The molecule has 1 N–H and O–H groups in total. The summed E-state index contributed by atoms with van der Waals surface area (Å²) < 4.78 is 14.1. The van der Waals surface area contributed by atoms with Crippen LogP contribution in [-0.2, 0) is 10.8 Å². The van der Waals surface area contributed by atoms with Gasteiger partial charge >= 0.3 is 0 Å². The maximum absolute atomic E-state index is 7.58. The Bertz CT molecular complexity index is 1830. The lowest BCUT2D eigenvalue weighted by Gasteiger charge is -2.25. The quantitative estimate of drug-likeness (QED) is 0.233. The Hall–Kier alpha value is -2.95. The van der Waals surface area contributed by atoms with E-state index < -0.39 is 0 Å². The molecule has 0 amide bonds. The number of aromatic nitrogens is 1. The molecule has 3 aliphatic carbocycles. The molecule has 53 heavy (non-hydrogen) atoms. The van der Waals surface area contributed by atoms with E-state index in [1.807, 2.05) is 0 Å². The van der Waals surface area contributed by atoms with Gasteiger partial charge in [0.1, 0.15) is 27.9 Å². The van der Waals surface area contributed by atoms with Crippen molar-refractivity contribution in [3.05, 3.63) is 92.4 Å². The van der Waals surface area contributed by atoms with Gasteiger partial charge in [0.2, 0.25) is 0 Å². The van der Waals surface area contributed by atoms with Gasteiger partial charge in [0.15, 0.2) is 11.5 Å². The standard InChI is InChI=1S/C47H60Cl2N2O2/c1-46(2,3)33-22-26-35(27-23-33)52-44-39(49)41(32-20-14-9-15-21-32)51-43(44)45(53-36-28-24-34(25-29-36)47(4,5)6)42-37(30-16-10-7-11-17-30)38(48)40(50-42)31-18-12-8-13-19-31/h22-32,51H,7-21H2,1-6H3/b45-42+. The normalized spacial score (nSPS) is 20.9. The van der Waals surface area contributed by atoms with Crippen molar-refractivity contribution in [1.29, 1.82) is 0 Å². The zero-order chi connectivity index (χ0) is 37.3. The van der Waals surface area contributed by atoms with Crippen LogP contribution in [0.5, 0.6) is 17.2 Å². The highest BCUT2D eigenvalue weighted by Gasteiger charge is 2.38. The molecule has 2 heterocycles. The summed E-state index contributed by atoms with van der Waals surface area (Å²) in [6, 6.07) is 17.0. The van der Waals surface area contributed by atoms with Crippen molar-refractivity contribution in [3.8, 4) is 17.2 Å². The molecule has 1 aliphatic heterocycles. The van der Waals surface area contributed by atoms with E-state index >= 15 is 0 Å². The lowest BCUT2D eigenvalue weighted by molar-refractivity contribution is 0.404. The fourth-order valence-corrected chi connectivity index (χ4v) is 9.74. The van der Waals surface area contributed by atoms with Crippen LogP contribution in [0, 0.1) is 11.8 Å². The van der Waals surface area contributed by atoms with Gasteiger partial charge in [-0.15, -0.1) is 0 Å². The number of nitrogens with zero attached hydrogens (tertiary/aromatic N) is 1. The lowest BCUT2D eigenvalue weighted by Crippen LogP contribution is -2.17. The van der Waals surface area contributed by atoms with Gasteiger partial charge in [-0.3, -0.25) is 0 Å². The van der Waals surface area contributed by atoms with Crippen molar-refractivity contribution in [2.24, 2.45) is 16.8 Å². The Morgan fingerprint density at radius 2 is 1.09 bits per heavy atom. The fraction of sp³-hybridized carbons (Fsp3) is 0.553. The predicted octanol–water partition coefficient (Wildman–Crippen LogP) is 15.0. The number of allylic oxidation sites excluding steroid dienone is 2. The van der Waals surface area contributed by atoms with Crippen LogP contribution in [0.4, 0.5) is 0 Å². The zero-order valence-electron chi connectivity index (χ0n) is 33.0. The highest BCUT2D eigenvalue weighted by molar-refractivity contribution is 6.45. The summed E-state index contributed by atoms with van der Waals surface area (Å²) in [4.78, 5) is 9.43. The first kappa shape index (κ1) is 38.3. The molecule has 284 valence electrons. The minimum atomic E-state index is 0.0281. The van der Waals surface area contributed by atoms with Crippen LogP contribution in [0.15, 0.2) is 69.8 Å². The van der Waals surface area contributed by atoms with Crippen LogP contribution in [0.3, 0.4) is 0 Å². The number of halogens is 2. The molecule has 0 bridgehead atoms. The van der Waals surface area contributed by atoms with Crippen molar-refractivity contribution >= 4 is 34.7 Å². The fourth-order valence-electron chi connectivity index (χ4n) is 8.96. The van der Waals surface area contributed by atoms with Gasteiger partial charge in [0.25, 0.3) is 0 Å². The van der Waals surface area contributed by atoms with Crippen LogP contribution in [0.2, 0.25) is 5.02 Å². The summed E-state index contributed by atoms with van der Waals surface area (Å²) in [5, 5.41) is 1.49. The maximum Gasteiger partial charge on any atom is 0.180 e. The highest BCUT2D eigenvalue weighted by Crippen LogP contribution is 2.50. The van der Waals surface area contributed by atoms with E-state index in [9.17, 15) is 0 Å². The van der Waals surface area contributed by atoms with Gasteiger partial charge in [-0.2, -0.15) is 0 Å². The lowest BCUT2D eigenvalue weighted by atomic mass is 9.81. The van der Waals surface area contributed by atoms with Gasteiger partial charge < -0.3 is 14.5 Å². The second kappa shape index (κ2) is 16.0. The van der Waals surface area contributed by atoms with E-state index in [2.05, 4.69) is 95.1 Å². The molecular formula is C47H60Cl2N2O2. The van der Waals surface area contributed by atoms with E-state index in [0.29, 0.717) is 34.3 Å². The first-order chi connectivity index (χ1) is 25.4. The molecule has 4 aliphatic rings. The van der Waals surface area contributed by atoms with E-state index in [-0.39, 0.29) is 10.8 Å². The van der Waals surface area contributed by atoms with Crippen molar-refractivity contribution in [2.75, 3.05) is 0 Å². The monoisotopic (exact) mass is 754 g/mol. The van der Waals surface area contributed by atoms with Gasteiger partial charge in [0.05, 0.1) is 10.7 Å². The number of aromatic amines is 1. The number of ether oxygens (including phenoxy) is 2. The minimum absolute atomic E-state index is 0.0281. The Kier molecular flexibility index (Phi) is 11.6. The summed E-state index contributed by atoms with van der Waals surface area (Å²) in [5.41, 5.74) is 7.42. The van der Waals surface area contributed by atoms with E-state index in [4.69, 9.17) is 37.7 Å². The Balaban J connectivity index is 1.43. The average Bonchev–Trinajstić information content (AvgIpc) is 3.67. The van der Waals surface area contributed by atoms with Crippen LogP contribution < -0.4 is 9.47 Å². The molecule has 3 fully saturated rings. The molecule has 6 heteroatoms. The number of aliphatic imine (C=N–C) groups is 1. The van der Waals surface area contributed by atoms with E-state index in [1.54, 1.807) is 0 Å². The second-order valence-electron chi connectivity index (χ2n) is 18.2. The topological polar surface area (TPSA) is 46.6 Å². The average molecular weight is 756 g/mol. The van der Waals surface area contributed by atoms with Gasteiger partial charge in [-0.25, -0.2) is 4.99 Å². The van der Waals surface area contributed by atoms with Crippen molar-refractivity contribution < 1.29 is 9.47 Å². The van der Waals surface area contributed by atoms with Crippen LogP contribution in [0.1, 0.15) is 166 Å². The largest absolute Gasteiger partial charge is 0.453 e. The van der Waals surface area contributed by atoms with Crippen molar-refractivity contribution in [2.45, 2.75) is 155 Å². The summed E-state index contributed by atoms with van der Waals surface area (Å²) in [6.07, 6.45) is 17.7. The zero-order valence-corrected chi connectivity index (χ0v) is 34.5. The Labute approximate surface area is 328 Å². The van der Waals surface area contributed by atoms with E-state index in [1.165, 1.54) is 68.9 Å². The molecular weight excluding hydrogens is 695 g/mol. The molecule has 0 spiro atoms. The van der Waals surface area contributed by atoms with E-state index in [0.717, 1.165) is 83.4 Å². The Morgan fingerprint density at radius 1 is 0.623 bits per heavy atom. The third-order valence-corrected chi connectivity index (χ3v) is 13.0. The molecule has 0 atom stereocenters. The SMILES string of the molecule is CC(C)(C)c1ccc(O/C(=C2/N=C(C3CCCCC3)C(Cl)=C2C2CCCCC2)c2[nH]c(C3CCCCC3)c(Cl)c2Oc2ccc(C(C)(C)C)cc2)cc1. The molecule has 1 aromatic heterocycles. The number of nitrogens with one attached hydrogen (secondary N) is 1. The van der Waals surface area contributed by atoms with Crippen molar-refractivity contribution in [3.63, 3.8) is 0 Å². The number of hydrogen-bond acceptors (Lipinski definition) is 3. The first-order valence-corrected chi connectivity index (χ1v) is 21.4. The summed E-state index contributed by atoms with van der Waals surface area (Å²) >= 11 is 15.1. The minimum Gasteiger partial charge on any atom is -0.453 e. The Morgan fingerprint density at radius 3 is 1.60 bits per heavy atom. The smallest absolute Gasteiger partial charge is 0.180 e. The number of H-pyrrole nitrogens is 1.